The molecule has 12 nitrogen and oxygen atoms in total. The van der Waals surface area contributed by atoms with Crippen LogP contribution in [0.4, 0.5) is 5.95 Å². The van der Waals surface area contributed by atoms with Crippen LogP contribution in [0.1, 0.15) is 6.23 Å². The van der Waals surface area contributed by atoms with Crippen LogP contribution in [0.5, 0.6) is 0 Å². The van der Waals surface area contributed by atoms with Gasteiger partial charge >= 0.3 is 0 Å². The second-order valence-corrected chi connectivity index (χ2v) is 5.17. The van der Waals surface area contributed by atoms with Crippen molar-refractivity contribution in [2.45, 2.75) is 18.4 Å². The number of nitrogens with one attached hydrogen (secondary N) is 3. The van der Waals surface area contributed by atoms with E-state index in [0.717, 1.165) is 0 Å². The number of nitrogens with two attached hydrogens (primary N) is 1. The molecule has 7 N–H and O–H groups in total. The number of H-pyrrole nitrogens is 1. The van der Waals surface area contributed by atoms with Gasteiger partial charge < -0.3 is 20.7 Å². The summed E-state index contributed by atoms with van der Waals surface area (Å²) in [5.41, 5.74) is 16.3. The number of aromatic amines is 1. The van der Waals surface area contributed by atoms with E-state index < -0.39 is 29.9 Å². The fourth-order valence-electron chi connectivity index (χ4n) is 2.75. The molecule has 1 fully saturated rings. The minimum atomic E-state index is -1.03. The highest BCUT2D eigenvalue weighted by atomic mass is 16.5. The second-order valence-electron chi connectivity index (χ2n) is 5.17. The Hall–Kier alpha value is -2.57. The van der Waals surface area contributed by atoms with Gasteiger partial charge in [0.25, 0.3) is 5.56 Å². The number of hydrogen-bond donors (Lipinski definition) is 6. The van der Waals surface area contributed by atoms with E-state index in [1.165, 1.54) is 10.9 Å². The average molecular weight is 324 g/mol. The molecule has 2 aromatic rings. The van der Waals surface area contributed by atoms with E-state index in [1.54, 1.807) is 5.22 Å². The molecule has 1 saturated heterocycles. The van der Waals surface area contributed by atoms with Crippen molar-refractivity contribution in [1.29, 1.82) is 0 Å². The molecule has 0 bridgehead atoms. The molecule has 3 heterocycles. The monoisotopic (exact) mass is 324 g/mol. The van der Waals surface area contributed by atoms with Gasteiger partial charge in [-0.25, -0.2) is 4.98 Å². The van der Waals surface area contributed by atoms with Crippen LogP contribution in [-0.2, 0) is 4.74 Å². The Morgan fingerprint density at radius 1 is 1.61 bits per heavy atom. The SMILES string of the molecule is [N-]=[NH+]NCC1C(CO)OC(n2cnc3c(=O)[nH]c(N)nc32)C1O. The van der Waals surface area contributed by atoms with E-state index in [9.17, 15) is 15.0 Å². The summed E-state index contributed by atoms with van der Waals surface area (Å²) >= 11 is 0. The molecular formula is C11H16N8O4. The summed E-state index contributed by atoms with van der Waals surface area (Å²) in [6.07, 6.45) is -1.30. The van der Waals surface area contributed by atoms with Gasteiger partial charge in [0.1, 0.15) is 6.10 Å². The quantitative estimate of drug-likeness (QED) is 0.238. The highest BCUT2D eigenvalue weighted by molar-refractivity contribution is 5.70. The Morgan fingerprint density at radius 2 is 2.39 bits per heavy atom. The number of aliphatic hydroxyl groups is 2. The number of rotatable bonds is 5. The molecule has 3 rings (SSSR count). The number of nitrogens with zero attached hydrogens (tertiary/aromatic N) is 4. The van der Waals surface area contributed by atoms with E-state index in [0.29, 0.717) is 0 Å². The minimum absolute atomic E-state index is 0.0640. The predicted octanol–water partition coefficient (Wildman–Crippen LogP) is -3.82. The van der Waals surface area contributed by atoms with Gasteiger partial charge in [0.15, 0.2) is 17.4 Å². The Kier molecular flexibility index (Phi) is 3.94. The number of nitrogen functional groups attached to an aromatic ring is 1. The van der Waals surface area contributed by atoms with Gasteiger partial charge in [-0.05, 0) is 0 Å². The zero-order valence-electron chi connectivity index (χ0n) is 11.9. The van der Waals surface area contributed by atoms with E-state index >= 15 is 0 Å². The molecule has 1 aliphatic heterocycles. The zero-order valence-corrected chi connectivity index (χ0v) is 11.9. The Labute approximate surface area is 128 Å². The summed E-state index contributed by atoms with van der Waals surface area (Å²) in [6, 6.07) is 0. The smallest absolute Gasteiger partial charge is 0.280 e. The van der Waals surface area contributed by atoms with Gasteiger partial charge in [-0.1, -0.05) is 0 Å². The third kappa shape index (κ3) is 2.52. The van der Waals surface area contributed by atoms with Gasteiger partial charge in [0.05, 0.1) is 19.0 Å². The first kappa shape index (κ1) is 15.3. The molecule has 0 aromatic carbocycles. The van der Waals surface area contributed by atoms with Crippen molar-refractivity contribution in [3.63, 3.8) is 0 Å². The molecule has 4 atom stereocenters. The normalized spacial score (nSPS) is 27.4. The number of fused-ring (bicyclic) bond motifs is 1. The zero-order chi connectivity index (χ0) is 16.6. The molecule has 0 saturated carbocycles. The summed E-state index contributed by atoms with van der Waals surface area (Å²) in [5, 5.41) is 21.6. The number of hydrogen-bond acceptors (Lipinski definition) is 7. The van der Waals surface area contributed by atoms with Crippen molar-refractivity contribution >= 4 is 17.1 Å². The van der Waals surface area contributed by atoms with Crippen LogP contribution in [0.25, 0.3) is 16.7 Å². The highest BCUT2D eigenvalue weighted by Crippen LogP contribution is 2.34. The van der Waals surface area contributed by atoms with Crippen molar-refractivity contribution in [2.24, 2.45) is 5.92 Å². The lowest BCUT2D eigenvalue weighted by Gasteiger charge is -2.19. The van der Waals surface area contributed by atoms with Crippen LogP contribution in [0, 0.1) is 5.92 Å². The average Bonchev–Trinajstić information content (AvgIpc) is 3.06. The summed E-state index contributed by atoms with van der Waals surface area (Å²) in [6.45, 7) is -0.184. The number of hydrazine groups is 1. The largest absolute Gasteiger partial charge is 0.394 e. The molecule has 0 aliphatic carbocycles. The summed E-state index contributed by atoms with van der Waals surface area (Å²) < 4.78 is 7.03. The molecule has 4 unspecified atom stereocenters. The number of ether oxygens (including phenoxy) is 1. The van der Waals surface area contributed by atoms with Crippen LogP contribution >= 0.6 is 0 Å². The number of aromatic nitrogens is 4. The first-order valence-corrected chi connectivity index (χ1v) is 6.85. The van der Waals surface area contributed by atoms with E-state index in [1.807, 2.05) is 0 Å². The van der Waals surface area contributed by atoms with Crippen LogP contribution in [0.3, 0.4) is 0 Å². The Morgan fingerprint density at radius 3 is 3.09 bits per heavy atom. The predicted molar refractivity (Wildman–Crippen MR) is 75.4 cm³/mol. The van der Waals surface area contributed by atoms with Crippen molar-refractivity contribution in [3.05, 3.63) is 22.2 Å². The van der Waals surface area contributed by atoms with Gasteiger partial charge in [0.2, 0.25) is 5.95 Å². The topological polar surface area (TPSA) is 188 Å². The Bertz CT molecular complexity index is 773. The van der Waals surface area contributed by atoms with Crippen LogP contribution in [0.2, 0.25) is 0 Å². The molecule has 0 radical (unpaired) electrons. The molecule has 1 aliphatic rings. The van der Waals surface area contributed by atoms with Crippen LogP contribution in [0.15, 0.2) is 11.1 Å². The lowest BCUT2D eigenvalue weighted by Crippen LogP contribution is -2.76. The molecule has 2 aromatic heterocycles. The van der Waals surface area contributed by atoms with Crippen molar-refractivity contribution in [3.8, 4) is 0 Å². The molecule has 12 heteroatoms. The first-order valence-electron chi connectivity index (χ1n) is 6.85. The lowest BCUT2D eigenvalue weighted by atomic mass is 9.98. The fourth-order valence-corrected chi connectivity index (χ4v) is 2.75. The maximum absolute atomic E-state index is 11.8. The third-order valence-electron chi connectivity index (χ3n) is 3.84. The fraction of sp³-hybridized carbons (Fsp3) is 0.545. The summed E-state index contributed by atoms with van der Waals surface area (Å²) in [7, 11) is 0. The van der Waals surface area contributed by atoms with Crippen LogP contribution < -0.4 is 21.9 Å². The molecular weight excluding hydrogens is 308 g/mol. The van der Waals surface area contributed by atoms with Gasteiger partial charge in [-0.2, -0.15) is 15.7 Å². The van der Waals surface area contributed by atoms with Crippen molar-refractivity contribution in [1.82, 2.24) is 24.9 Å². The van der Waals surface area contributed by atoms with Crippen molar-refractivity contribution in [2.75, 3.05) is 18.9 Å². The summed E-state index contributed by atoms with van der Waals surface area (Å²) in [5.74, 6) is -0.598. The number of anilines is 1. The van der Waals surface area contributed by atoms with E-state index in [2.05, 4.69) is 20.4 Å². The van der Waals surface area contributed by atoms with Crippen molar-refractivity contribution < 1.29 is 20.2 Å². The third-order valence-corrected chi connectivity index (χ3v) is 3.84. The van der Waals surface area contributed by atoms with E-state index in [-0.39, 0.29) is 30.3 Å². The minimum Gasteiger partial charge on any atom is -0.394 e. The molecule has 0 amide bonds. The maximum Gasteiger partial charge on any atom is 0.280 e. The van der Waals surface area contributed by atoms with Gasteiger partial charge in [-0.3, -0.25) is 19.8 Å². The van der Waals surface area contributed by atoms with Gasteiger partial charge in [-0.15, -0.1) is 0 Å². The number of aliphatic hydroxyl groups excluding tert-OH is 2. The standard InChI is InChI=1S/C11H16N8O4/c12-11-16-8-6(9(22)17-11)14-3-19(8)10-7(21)4(1-15-18-13)5(2-20)23-10/h3-5,7,10,18,20-21H,1-2H2,(H4-,12,13,15,16,17,22). The van der Waals surface area contributed by atoms with E-state index in [4.69, 9.17) is 16.0 Å². The molecule has 124 valence electrons. The van der Waals surface area contributed by atoms with Crippen LogP contribution in [-0.4, -0.2) is 55.1 Å². The first-order chi connectivity index (χ1) is 11.1. The Balaban J connectivity index is 1.99. The maximum atomic E-state index is 11.8. The molecule has 0 spiro atoms. The highest BCUT2D eigenvalue weighted by Gasteiger charge is 2.44. The number of imidazole rings is 1. The lowest BCUT2D eigenvalue weighted by molar-refractivity contribution is -0.550. The van der Waals surface area contributed by atoms with Gasteiger partial charge in [0, 0.05) is 12.5 Å². The molecule has 23 heavy (non-hydrogen) atoms. The second kappa shape index (κ2) is 5.91. The summed E-state index contributed by atoms with van der Waals surface area (Å²) in [4.78, 5) is 22.1.